The van der Waals surface area contributed by atoms with Gasteiger partial charge in [0.05, 0.1) is 28.2 Å². The molecule has 0 atom stereocenters. The number of rotatable bonds is 4. The van der Waals surface area contributed by atoms with Gasteiger partial charge in [-0.2, -0.15) is 0 Å². The number of fused-ring (bicyclic) bond motifs is 12. The molecule has 0 N–H and O–H groups in total. The van der Waals surface area contributed by atoms with E-state index < -0.39 is 5.41 Å². The Labute approximate surface area is 345 Å². The summed E-state index contributed by atoms with van der Waals surface area (Å²) in [7, 11) is 0. The van der Waals surface area contributed by atoms with Crippen molar-refractivity contribution >= 4 is 17.1 Å². The van der Waals surface area contributed by atoms with Crippen LogP contribution in [0.25, 0.3) is 56.2 Å². The molecule has 0 bridgehead atoms. The smallest absolute Gasteiger partial charge is 0.160 e. The molecule has 0 radical (unpaired) electrons. The van der Waals surface area contributed by atoms with Crippen molar-refractivity contribution in [1.29, 1.82) is 0 Å². The molecule has 12 rings (SSSR count). The lowest BCUT2D eigenvalue weighted by atomic mass is 9.70. The summed E-state index contributed by atoms with van der Waals surface area (Å²) in [6.45, 7) is 4.65. The normalized spacial score (nSPS) is 14.5. The molecule has 3 aliphatic rings. The molecule has 1 spiro atoms. The van der Waals surface area contributed by atoms with Gasteiger partial charge in [-0.05, 0) is 98.1 Å². The SMILES string of the molecule is CC1(C)c2ccccc2N(c2ccc(-c3nc(-c4ccccc4)cc(-c4cccc5c4-c4ccccc4C54c5ccccc5-c5ccccc54)n3)cc2)c2ccccc21. The Morgan fingerprint density at radius 3 is 1.47 bits per heavy atom. The van der Waals surface area contributed by atoms with E-state index in [1.807, 2.05) is 0 Å². The van der Waals surface area contributed by atoms with Gasteiger partial charge in [0, 0.05) is 27.8 Å². The van der Waals surface area contributed by atoms with Crippen LogP contribution >= 0.6 is 0 Å². The first-order valence-electron chi connectivity index (χ1n) is 20.5. The highest BCUT2D eigenvalue weighted by molar-refractivity contribution is 6.00. The summed E-state index contributed by atoms with van der Waals surface area (Å²) < 4.78 is 0. The van der Waals surface area contributed by atoms with Crippen molar-refractivity contribution in [1.82, 2.24) is 9.97 Å². The lowest BCUT2D eigenvalue weighted by molar-refractivity contribution is 0.632. The number of aromatic nitrogens is 2. The fraction of sp³-hybridized carbons (Fsp3) is 0.0714. The molecule has 278 valence electrons. The Morgan fingerprint density at radius 1 is 0.373 bits per heavy atom. The van der Waals surface area contributed by atoms with E-state index in [2.05, 4.69) is 219 Å². The summed E-state index contributed by atoms with van der Waals surface area (Å²) in [5, 5.41) is 0. The average molecular weight is 754 g/mol. The van der Waals surface area contributed by atoms with Crippen molar-refractivity contribution in [2.75, 3.05) is 4.90 Å². The molecular weight excluding hydrogens is 715 g/mol. The van der Waals surface area contributed by atoms with Crippen molar-refractivity contribution in [3.8, 4) is 56.2 Å². The molecule has 8 aromatic carbocycles. The number of hydrogen-bond acceptors (Lipinski definition) is 3. The fourth-order valence-electron chi connectivity index (χ4n) is 10.5. The van der Waals surface area contributed by atoms with Crippen LogP contribution in [0, 0.1) is 0 Å². The van der Waals surface area contributed by atoms with Crippen LogP contribution in [0.2, 0.25) is 0 Å². The van der Waals surface area contributed by atoms with E-state index in [4.69, 9.17) is 9.97 Å². The van der Waals surface area contributed by atoms with Crippen LogP contribution in [-0.2, 0) is 10.8 Å². The third-order valence-electron chi connectivity index (χ3n) is 13.1. The molecule has 0 unspecified atom stereocenters. The summed E-state index contributed by atoms with van der Waals surface area (Å²) in [6, 6.07) is 72.8. The molecule has 0 amide bonds. The second-order valence-corrected chi connectivity index (χ2v) is 16.5. The van der Waals surface area contributed by atoms with Gasteiger partial charge < -0.3 is 4.90 Å². The van der Waals surface area contributed by atoms with Crippen molar-refractivity contribution in [3.63, 3.8) is 0 Å². The van der Waals surface area contributed by atoms with E-state index in [9.17, 15) is 0 Å². The highest BCUT2D eigenvalue weighted by Crippen LogP contribution is 2.64. The van der Waals surface area contributed by atoms with Crippen LogP contribution in [0.4, 0.5) is 17.1 Å². The zero-order chi connectivity index (χ0) is 39.3. The first-order chi connectivity index (χ1) is 29.0. The number of anilines is 3. The molecule has 0 saturated carbocycles. The minimum Gasteiger partial charge on any atom is -0.310 e. The summed E-state index contributed by atoms with van der Waals surface area (Å²) in [6.07, 6.45) is 0. The number of benzene rings is 8. The maximum atomic E-state index is 5.46. The first kappa shape index (κ1) is 33.7. The molecule has 2 aliphatic carbocycles. The summed E-state index contributed by atoms with van der Waals surface area (Å²) in [4.78, 5) is 13.1. The fourth-order valence-corrected chi connectivity index (χ4v) is 10.5. The largest absolute Gasteiger partial charge is 0.310 e. The van der Waals surface area contributed by atoms with E-state index in [-0.39, 0.29) is 5.41 Å². The van der Waals surface area contributed by atoms with Gasteiger partial charge in [0.1, 0.15) is 0 Å². The lowest BCUT2D eigenvalue weighted by Gasteiger charge is -2.42. The third kappa shape index (κ3) is 4.70. The molecular formula is C56H39N3. The van der Waals surface area contributed by atoms with Crippen LogP contribution in [0.1, 0.15) is 47.2 Å². The topological polar surface area (TPSA) is 29.0 Å². The van der Waals surface area contributed by atoms with Crippen LogP contribution in [0.3, 0.4) is 0 Å². The summed E-state index contributed by atoms with van der Waals surface area (Å²) in [5.74, 6) is 0.698. The second kappa shape index (κ2) is 12.6. The van der Waals surface area contributed by atoms with Crippen molar-refractivity contribution in [3.05, 3.63) is 234 Å². The van der Waals surface area contributed by atoms with E-state index >= 15 is 0 Å². The molecule has 3 nitrogen and oxygen atoms in total. The van der Waals surface area contributed by atoms with Gasteiger partial charge in [0.15, 0.2) is 5.82 Å². The molecule has 3 heteroatoms. The molecule has 0 fully saturated rings. The summed E-state index contributed by atoms with van der Waals surface area (Å²) >= 11 is 0. The number of nitrogens with zero attached hydrogens (tertiary/aromatic N) is 3. The van der Waals surface area contributed by atoms with Crippen LogP contribution in [0.15, 0.2) is 200 Å². The van der Waals surface area contributed by atoms with Crippen molar-refractivity contribution in [2.45, 2.75) is 24.7 Å². The van der Waals surface area contributed by atoms with Crippen LogP contribution in [-0.4, -0.2) is 9.97 Å². The van der Waals surface area contributed by atoms with Crippen molar-refractivity contribution < 1.29 is 0 Å². The molecule has 1 aliphatic heterocycles. The molecule has 2 heterocycles. The molecule has 0 saturated heterocycles. The molecule has 1 aromatic heterocycles. The van der Waals surface area contributed by atoms with E-state index in [0.717, 1.165) is 33.8 Å². The Bertz CT molecular complexity index is 3050. The van der Waals surface area contributed by atoms with Gasteiger partial charge >= 0.3 is 0 Å². The maximum Gasteiger partial charge on any atom is 0.160 e. The van der Waals surface area contributed by atoms with Gasteiger partial charge in [-0.15, -0.1) is 0 Å². The van der Waals surface area contributed by atoms with Gasteiger partial charge in [-0.1, -0.05) is 172 Å². The quantitative estimate of drug-likeness (QED) is 0.179. The summed E-state index contributed by atoms with van der Waals surface area (Å²) in [5.41, 5.74) is 20.9. The highest BCUT2D eigenvalue weighted by atomic mass is 15.2. The lowest BCUT2D eigenvalue weighted by Crippen LogP contribution is -2.30. The van der Waals surface area contributed by atoms with Crippen molar-refractivity contribution in [2.24, 2.45) is 0 Å². The van der Waals surface area contributed by atoms with Crippen LogP contribution in [0.5, 0.6) is 0 Å². The highest BCUT2D eigenvalue weighted by Gasteiger charge is 2.52. The van der Waals surface area contributed by atoms with Gasteiger partial charge in [-0.3, -0.25) is 0 Å². The molecule has 9 aromatic rings. The first-order valence-corrected chi connectivity index (χ1v) is 20.5. The average Bonchev–Trinajstić information content (AvgIpc) is 3.77. The van der Waals surface area contributed by atoms with Gasteiger partial charge in [-0.25, -0.2) is 9.97 Å². The van der Waals surface area contributed by atoms with E-state index in [1.54, 1.807) is 0 Å². The van der Waals surface area contributed by atoms with E-state index in [1.165, 1.54) is 67.0 Å². The zero-order valence-corrected chi connectivity index (χ0v) is 32.9. The third-order valence-corrected chi connectivity index (χ3v) is 13.1. The predicted octanol–water partition coefficient (Wildman–Crippen LogP) is 13.9. The Hall–Kier alpha value is -7.36. The maximum absolute atomic E-state index is 5.46. The monoisotopic (exact) mass is 753 g/mol. The Kier molecular flexibility index (Phi) is 7.19. The van der Waals surface area contributed by atoms with Gasteiger partial charge in [0.25, 0.3) is 0 Å². The van der Waals surface area contributed by atoms with Gasteiger partial charge in [0.2, 0.25) is 0 Å². The minimum atomic E-state index is -0.427. The Balaban J connectivity index is 1.04. The molecule has 59 heavy (non-hydrogen) atoms. The zero-order valence-electron chi connectivity index (χ0n) is 32.9. The number of hydrogen-bond donors (Lipinski definition) is 0. The Morgan fingerprint density at radius 2 is 0.847 bits per heavy atom. The second-order valence-electron chi connectivity index (χ2n) is 16.5. The minimum absolute atomic E-state index is 0.117. The number of para-hydroxylation sites is 2. The van der Waals surface area contributed by atoms with Crippen LogP contribution < -0.4 is 4.90 Å². The predicted molar refractivity (Wildman–Crippen MR) is 241 cm³/mol. The standard InChI is InChI=1S/C56H39N3/c1-55(2)46-26-12-14-29-51(46)59(52-30-15-13-27-47(52)55)38-33-31-37(32-34-38)54-57-49(36-17-4-3-5-18-36)35-50(58-54)42-22-16-28-48-53(42)41-21-8-11-25-45(41)56(48)43-23-9-6-19-39(43)40-20-7-10-24-44(40)56/h3-35H,1-2H3. The van der Waals surface area contributed by atoms with E-state index in [0.29, 0.717) is 5.82 Å².